The van der Waals surface area contributed by atoms with E-state index >= 15 is 0 Å². The van der Waals surface area contributed by atoms with Gasteiger partial charge in [-0.2, -0.15) is 4.98 Å². The molecule has 128 valence electrons. The van der Waals surface area contributed by atoms with Gasteiger partial charge in [0.1, 0.15) is 5.82 Å². The van der Waals surface area contributed by atoms with E-state index in [-0.39, 0.29) is 0 Å². The highest BCUT2D eigenvalue weighted by Gasteiger charge is 2.08. The average molecular weight is 405 g/mol. The number of hydrogen-bond donors (Lipinski definition) is 2. The monoisotopic (exact) mass is 404 g/mol. The van der Waals surface area contributed by atoms with Gasteiger partial charge in [-0.3, -0.25) is 0 Å². The lowest BCUT2D eigenvalue weighted by Crippen LogP contribution is -2.05. The van der Waals surface area contributed by atoms with E-state index in [2.05, 4.69) is 43.7 Å². The van der Waals surface area contributed by atoms with Crippen LogP contribution >= 0.6 is 15.9 Å². The van der Waals surface area contributed by atoms with Crippen molar-refractivity contribution in [2.45, 2.75) is 6.54 Å². The highest BCUT2D eigenvalue weighted by Crippen LogP contribution is 2.25. The van der Waals surface area contributed by atoms with Gasteiger partial charge in [0.25, 0.3) is 0 Å². The lowest BCUT2D eigenvalue weighted by Gasteiger charge is -2.12. The van der Waals surface area contributed by atoms with Gasteiger partial charge >= 0.3 is 0 Å². The number of halogens is 1. The first-order valence-electron chi connectivity index (χ1n) is 8.35. The molecule has 4 rings (SSSR count). The fourth-order valence-corrected chi connectivity index (χ4v) is 3.14. The Bertz CT molecular complexity index is 1030. The van der Waals surface area contributed by atoms with E-state index in [9.17, 15) is 0 Å². The second-order valence-corrected chi connectivity index (χ2v) is 6.80. The molecule has 0 saturated heterocycles. The van der Waals surface area contributed by atoms with Crippen LogP contribution in [0, 0.1) is 0 Å². The van der Waals surface area contributed by atoms with Crippen LogP contribution in [0.3, 0.4) is 0 Å². The Kier molecular flexibility index (Phi) is 4.80. The van der Waals surface area contributed by atoms with Gasteiger partial charge in [-0.15, -0.1) is 0 Å². The number of para-hydroxylation sites is 1. The molecule has 0 bridgehead atoms. The van der Waals surface area contributed by atoms with Gasteiger partial charge < -0.3 is 10.6 Å². The molecule has 1 heterocycles. The van der Waals surface area contributed by atoms with Crippen molar-refractivity contribution < 1.29 is 0 Å². The Hall–Kier alpha value is -2.92. The van der Waals surface area contributed by atoms with Crippen LogP contribution < -0.4 is 10.6 Å². The number of aromatic nitrogens is 2. The fourth-order valence-electron chi connectivity index (χ4n) is 2.74. The third kappa shape index (κ3) is 3.83. The standard InChI is InChI=1S/C21H17BrN4/c22-16-9-6-10-17(13-16)24-21-25-19-12-5-4-11-18(19)20(26-21)23-14-15-7-2-1-3-8-15/h1-13H,14H2,(H2,23,24,25,26). The zero-order valence-corrected chi connectivity index (χ0v) is 15.6. The second-order valence-electron chi connectivity index (χ2n) is 5.89. The first-order chi connectivity index (χ1) is 12.8. The van der Waals surface area contributed by atoms with Crippen molar-refractivity contribution in [2.75, 3.05) is 10.6 Å². The Balaban J connectivity index is 1.66. The third-order valence-electron chi connectivity index (χ3n) is 3.99. The molecule has 5 heteroatoms. The van der Waals surface area contributed by atoms with Crippen LogP contribution in [0.5, 0.6) is 0 Å². The molecule has 0 aliphatic heterocycles. The van der Waals surface area contributed by atoms with Crippen LogP contribution in [0.4, 0.5) is 17.5 Å². The topological polar surface area (TPSA) is 49.8 Å². The molecule has 0 fully saturated rings. The van der Waals surface area contributed by atoms with Crippen molar-refractivity contribution in [3.05, 3.63) is 88.9 Å². The molecule has 3 aromatic carbocycles. The summed E-state index contributed by atoms with van der Waals surface area (Å²) in [5, 5.41) is 7.73. The molecule has 1 aromatic heterocycles. The SMILES string of the molecule is Brc1cccc(Nc2nc(NCc3ccccc3)c3ccccc3n2)c1. The normalized spacial score (nSPS) is 10.7. The summed E-state index contributed by atoms with van der Waals surface area (Å²) in [4.78, 5) is 9.33. The number of nitrogens with zero attached hydrogens (tertiary/aromatic N) is 2. The van der Waals surface area contributed by atoms with Crippen LogP contribution in [0.1, 0.15) is 5.56 Å². The van der Waals surface area contributed by atoms with Gasteiger partial charge in [-0.1, -0.05) is 64.5 Å². The summed E-state index contributed by atoms with van der Waals surface area (Å²) in [6, 6.07) is 26.2. The summed E-state index contributed by atoms with van der Waals surface area (Å²) in [6.07, 6.45) is 0. The van der Waals surface area contributed by atoms with Crippen LogP contribution in [0.15, 0.2) is 83.3 Å². The first kappa shape index (κ1) is 16.5. The molecule has 0 unspecified atom stereocenters. The molecule has 26 heavy (non-hydrogen) atoms. The van der Waals surface area contributed by atoms with E-state index in [1.165, 1.54) is 5.56 Å². The molecule has 0 saturated carbocycles. The Morgan fingerprint density at radius 1 is 0.808 bits per heavy atom. The zero-order chi connectivity index (χ0) is 17.8. The third-order valence-corrected chi connectivity index (χ3v) is 4.48. The number of rotatable bonds is 5. The van der Waals surface area contributed by atoms with Gasteiger partial charge in [0.05, 0.1) is 5.52 Å². The van der Waals surface area contributed by atoms with E-state index in [0.717, 1.165) is 26.9 Å². The quantitative estimate of drug-likeness (QED) is 0.444. The highest BCUT2D eigenvalue weighted by atomic mass is 79.9. The molecule has 2 N–H and O–H groups in total. The Morgan fingerprint density at radius 2 is 1.62 bits per heavy atom. The van der Waals surface area contributed by atoms with Crippen LogP contribution in [-0.2, 0) is 6.54 Å². The number of anilines is 3. The molecule has 4 aromatic rings. The summed E-state index contributed by atoms with van der Waals surface area (Å²) in [5.74, 6) is 1.38. The maximum atomic E-state index is 4.69. The van der Waals surface area contributed by atoms with E-state index < -0.39 is 0 Å². The predicted octanol–water partition coefficient (Wildman–Crippen LogP) is 5.75. The van der Waals surface area contributed by atoms with Crippen molar-refractivity contribution in [1.29, 1.82) is 0 Å². The van der Waals surface area contributed by atoms with Crippen molar-refractivity contribution in [3.63, 3.8) is 0 Å². The predicted molar refractivity (Wildman–Crippen MR) is 111 cm³/mol. The molecular formula is C21H17BrN4. The van der Waals surface area contributed by atoms with Crippen LogP contribution in [0.2, 0.25) is 0 Å². The van der Waals surface area contributed by atoms with E-state index in [1.807, 2.05) is 66.7 Å². The summed E-state index contributed by atoms with van der Waals surface area (Å²) in [7, 11) is 0. The second kappa shape index (κ2) is 7.54. The van der Waals surface area contributed by atoms with Crippen LogP contribution in [-0.4, -0.2) is 9.97 Å². The first-order valence-corrected chi connectivity index (χ1v) is 9.14. The molecule has 0 aliphatic rings. The van der Waals surface area contributed by atoms with Crippen molar-refractivity contribution >= 4 is 44.3 Å². The largest absolute Gasteiger partial charge is 0.365 e. The maximum absolute atomic E-state index is 4.69. The van der Waals surface area contributed by atoms with Crippen molar-refractivity contribution in [1.82, 2.24) is 9.97 Å². The molecule has 0 spiro atoms. The van der Waals surface area contributed by atoms with Crippen LogP contribution in [0.25, 0.3) is 10.9 Å². The summed E-state index contributed by atoms with van der Waals surface area (Å²) < 4.78 is 1.01. The fraction of sp³-hybridized carbons (Fsp3) is 0.0476. The van der Waals surface area contributed by atoms with E-state index in [4.69, 9.17) is 4.98 Å². The van der Waals surface area contributed by atoms with Crippen molar-refractivity contribution in [2.24, 2.45) is 0 Å². The van der Waals surface area contributed by atoms with Gasteiger partial charge in [0.15, 0.2) is 0 Å². The smallest absolute Gasteiger partial charge is 0.229 e. The number of fused-ring (bicyclic) bond motifs is 1. The molecular weight excluding hydrogens is 388 g/mol. The summed E-state index contributed by atoms with van der Waals surface area (Å²) in [6.45, 7) is 0.707. The highest BCUT2D eigenvalue weighted by molar-refractivity contribution is 9.10. The average Bonchev–Trinajstić information content (AvgIpc) is 2.67. The molecule has 4 nitrogen and oxygen atoms in total. The van der Waals surface area contributed by atoms with Gasteiger partial charge in [0.2, 0.25) is 5.95 Å². The zero-order valence-electron chi connectivity index (χ0n) is 14.0. The minimum atomic E-state index is 0.567. The molecule has 0 atom stereocenters. The van der Waals surface area contributed by atoms with Gasteiger partial charge in [0, 0.05) is 22.1 Å². The maximum Gasteiger partial charge on any atom is 0.229 e. The van der Waals surface area contributed by atoms with E-state index in [0.29, 0.717) is 12.5 Å². The Labute approximate surface area is 160 Å². The lowest BCUT2D eigenvalue weighted by atomic mass is 10.2. The molecule has 0 radical (unpaired) electrons. The Morgan fingerprint density at radius 3 is 2.46 bits per heavy atom. The molecule has 0 amide bonds. The lowest BCUT2D eigenvalue weighted by molar-refractivity contribution is 1.10. The minimum absolute atomic E-state index is 0.567. The summed E-state index contributed by atoms with van der Waals surface area (Å²) in [5.41, 5.74) is 3.04. The van der Waals surface area contributed by atoms with Crippen molar-refractivity contribution in [3.8, 4) is 0 Å². The minimum Gasteiger partial charge on any atom is -0.365 e. The van der Waals surface area contributed by atoms with E-state index in [1.54, 1.807) is 0 Å². The summed E-state index contributed by atoms with van der Waals surface area (Å²) >= 11 is 3.49. The number of benzene rings is 3. The molecule has 0 aliphatic carbocycles. The van der Waals surface area contributed by atoms with Gasteiger partial charge in [-0.05, 0) is 35.9 Å². The van der Waals surface area contributed by atoms with Gasteiger partial charge in [-0.25, -0.2) is 4.98 Å². The number of nitrogens with one attached hydrogen (secondary N) is 2. The number of hydrogen-bond acceptors (Lipinski definition) is 4.